The molecule has 2 atom stereocenters. The molecule has 2 unspecified atom stereocenters. The third kappa shape index (κ3) is 5.40. The second kappa shape index (κ2) is 11.5. The van der Waals surface area contributed by atoms with Crippen LogP contribution in [-0.4, -0.2) is 0 Å². The van der Waals surface area contributed by atoms with Gasteiger partial charge >= 0.3 is 235 Å². The molecule has 2 aliphatic rings. The van der Waals surface area contributed by atoms with E-state index in [1.807, 2.05) is 0 Å². The molecule has 198 valence electrons. The molecule has 0 spiro atoms. The van der Waals surface area contributed by atoms with Crippen LogP contribution in [0.4, 0.5) is 0 Å². The number of rotatable bonds is 4. The number of fused-ring (bicyclic) bond motifs is 4. The van der Waals surface area contributed by atoms with Crippen LogP contribution in [0.15, 0.2) is 90.0 Å². The molecule has 0 amide bonds. The fraction of sp³-hybridized carbons (Fsp3) is 0.278. The quantitative estimate of drug-likeness (QED) is 0.318. The minimum Gasteiger partial charge on any atom is -1.00 e. The Morgan fingerprint density at radius 3 is 2.08 bits per heavy atom. The van der Waals surface area contributed by atoms with E-state index >= 15 is 0 Å². The van der Waals surface area contributed by atoms with E-state index in [-0.39, 0.29) is 30.2 Å². The van der Waals surface area contributed by atoms with E-state index in [2.05, 4.69) is 133 Å². The van der Waals surface area contributed by atoms with Gasteiger partial charge in [-0.25, -0.2) is 0 Å². The van der Waals surface area contributed by atoms with E-state index in [9.17, 15) is 0 Å². The van der Waals surface area contributed by atoms with Crippen LogP contribution in [0.1, 0.15) is 76.6 Å². The van der Waals surface area contributed by atoms with Crippen LogP contribution >= 0.6 is 0 Å². The molecule has 0 aliphatic heterocycles. The van der Waals surface area contributed by atoms with Crippen molar-refractivity contribution in [2.24, 2.45) is 5.92 Å². The predicted molar refractivity (Wildman–Crippen MR) is 156 cm³/mol. The summed E-state index contributed by atoms with van der Waals surface area (Å²) < 4.78 is 1.26. The third-order valence-corrected chi connectivity index (χ3v) is 13.4. The Hall–Kier alpha value is -1.92. The summed E-state index contributed by atoms with van der Waals surface area (Å²) in [5.74, 6) is 0.566. The second-order valence-corrected chi connectivity index (χ2v) is 15.8. The molecule has 0 saturated carbocycles. The van der Waals surface area contributed by atoms with E-state index in [1.54, 1.807) is 22.3 Å². The molecule has 39 heavy (non-hydrogen) atoms. The average Bonchev–Trinajstić information content (AvgIpc) is 3.41. The summed E-state index contributed by atoms with van der Waals surface area (Å²) >= 11 is -0.884. The molecule has 0 heterocycles. The molecule has 4 aromatic carbocycles. The van der Waals surface area contributed by atoms with Crippen molar-refractivity contribution in [3.63, 3.8) is 0 Å². The molecule has 0 bridgehead atoms. The maximum atomic E-state index is 2.56. The van der Waals surface area contributed by atoms with Gasteiger partial charge in [-0.1, -0.05) is 0 Å². The molecule has 4 aromatic rings. The number of allylic oxidation sites excluding steroid dienone is 2. The summed E-state index contributed by atoms with van der Waals surface area (Å²) in [7, 11) is 0. The first-order valence-electron chi connectivity index (χ1n) is 13.6. The van der Waals surface area contributed by atoms with Crippen molar-refractivity contribution in [2.45, 2.75) is 54.2 Å². The third-order valence-electron chi connectivity index (χ3n) is 8.30. The molecule has 0 fully saturated rings. The van der Waals surface area contributed by atoms with Crippen LogP contribution in [0.2, 0.25) is 0 Å². The molecule has 6 rings (SSSR count). The number of halogens is 2. The van der Waals surface area contributed by atoms with E-state index in [0.29, 0.717) is 13.2 Å². The summed E-state index contributed by atoms with van der Waals surface area (Å²) in [6.07, 6.45) is 5.05. The minimum absolute atomic E-state index is 0. The molecule has 2 aliphatic carbocycles. The van der Waals surface area contributed by atoms with Crippen LogP contribution < -0.4 is 24.8 Å². The molecule has 0 aromatic heterocycles. The zero-order valence-electron chi connectivity index (χ0n) is 23.6. The maximum Gasteiger partial charge on any atom is -1.00 e. The fourth-order valence-electron chi connectivity index (χ4n) is 6.18. The molecule has 0 radical (unpaired) electrons. The molecule has 3 heteroatoms. The van der Waals surface area contributed by atoms with Crippen molar-refractivity contribution < 1.29 is 48.0 Å². The number of benzene rings is 4. The van der Waals surface area contributed by atoms with Gasteiger partial charge in [-0.15, -0.1) is 0 Å². The van der Waals surface area contributed by atoms with Gasteiger partial charge in [0.25, 0.3) is 0 Å². The van der Waals surface area contributed by atoms with Crippen LogP contribution in [0.3, 0.4) is 0 Å². The van der Waals surface area contributed by atoms with Gasteiger partial charge in [0.2, 0.25) is 0 Å². The van der Waals surface area contributed by atoms with Crippen molar-refractivity contribution in [3.05, 3.63) is 118 Å². The van der Waals surface area contributed by atoms with E-state index in [4.69, 9.17) is 0 Å². The van der Waals surface area contributed by atoms with Crippen molar-refractivity contribution >= 4 is 22.9 Å². The van der Waals surface area contributed by atoms with Gasteiger partial charge in [0.15, 0.2) is 0 Å². The maximum absolute atomic E-state index is 2.56. The van der Waals surface area contributed by atoms with Gasteiger partial charge in [0, 0.05) is 0 Å². The summed E-state index contributed by atoms with van der Waals surface area (Å²) in [6.45, 7) is 14.0. The normalized spacial score (nSPS) is 17.5. The Labute approximate surface area is 258 Å². The van der Waals surface area contributed by atoms with E-state index in [1.165, 1.54) is 38.6 Å². The Balaban J connectivity index is 0.00000176. The second-order valence-electron chi connectivity index (χ2n) is 12.1. The Bertz CT molecular complexity index is 1570. The van der Waals surface area contributed by atoms with E-state index in [0.717, 1.165) is 0 Å². The van der Waals surface area contributed by atoms with Gasteiger partial charge in [0.05, 0.1) is 0 Å². The molecule has 0 nitrogen and oxygen atoms in total. The van der Waals surface area contributed by atoms with Gasteiger partial charge < -0.3 is 24.8 Å². The first-order valence-corrected chi connectivity index (χ1v) is 16.5. The van der Waals surface area contributed by atoms with Crippen molar-refractivity contribution in [1.29, 1.82) is 0 Å². The van der Waals surface area contributed by atoms with Crippen LogP contribution in [0, 0.1) is 5.92 Å². The summed E-state index contributed by atoms with van der Waals surface area (Å²) in [5.41, 5.74) is 13.6. The minimum atomic E-state index is -0.884. The van der Waals surface area contributed by atoms with Crippen LogP contribution in [0.5, 0.6) is 0 Å². The Morgan fingerprint density at radius 1 is 0.692 bits per heavy atom. The Morgan fingerprint density at radius 2 is 1.38 bits per heavy atom. The zero-order valence-corrected chi connectivity index (χ0v) is 27.6. The summed E-state index contributed by atoms with van der Waals surface area (Å²) in [5, 5.41) is 2.76. The standard InChI is InChI=1S/C22H25.C14H11.2ClH.Zr/c1-15(2)18-13-17-7-6-8-20(21(17)14-18)16-9-11-19(12-10-16)22(3,4)5;1-10-8-12-7-6-11-4-2-3-5-13(11)14(12)9-10;;;/h6-15H,1-5H3;2-9H,1H3;2*1H;/q;;;;+2/p-2. The molecular weight excluding hydrogens is 595 g/mol. The predicted octanol–water partition coefficient (Wildman–Crippen LogP) is 4.15. The number of hydrogen-bond donors (Lipinski definition) is 0. The Kier molecular flexibility index (Phi) is 8.88. The van der Waals surface area contributed by atoms with Crippen molar-refractivity contribution in [1.82, 2.24) is 0 Å². The smallest absolute Gasteiger partial charge is 1.00 e. The van der Waals surface area contributed by atoms with E-state index < -0.39 is 23.2 Å². The van der Waals surface area contributed by atoms with Crippen LogP contribution in [0.25, 0.3) is 34.1 Å². The molecular formula is C36H36Cl2Zr. The topological polar surface area (TPSA) is 0 Å². The summed E-state index contributed by atoms with van der Waals surface area (Å²) in [4.78, 5) is 0. The van der Waals surface area contributed by atoms with Gasteiger partial charge in [-0.3, -0.25) is 0 Å². The van der Waals surface area contributed by atoms with Gasteiger partial charge in [0.1, 0.15) is 0 Å². The van der Waals surface area contributed by atoms with Gasteiger partial charge in [-0.2, -0.15) is 0 Å². The first-order chi connectivity index (χ1) is 17.7. The monoisotopic (exact) mass is 628 g/mol. The summed E-state index contributed by atoms with van der Waals surface area (Å²) in [6, 6.07) is 30.0. The first kappa shape index (κ1) is 30.1. The van der Waals surface area contributed by atoms with Crippen molar-refractivity contribution in [2.75, 3.05) is 0 Å². The molecule has 0 saturated heterocycles. The largest absolute Gasteiger partial charge is 1.00 e. The SMILES string of the molecule is CC1=Cc2c(ccc3ccccc23)[CH]1[Zr+2][CH]1C(C(C)C)=Cc2c(-c3ccc(C(C)(C)C)cc3)cccc21.[Cl-].[Cl-]. The molecule has 0 N–H and O–H groups in total. The fourth-order valence-corrected chi connectivity index (χ4v) is 11.5. The number of hydrogen-bond acceptors (Lipinski definition) is 0. The van der Waals surface area contributed by atoms with Gasteiger partial charge in [-0.05, 0) is 0 Å². The average molecular weight is 631 g/mol. The van der Waals surface area contributed by atoms with Crippen molar-refractivity contribution in [3.8, 4) is 11.1 Å². The van der Waals surface area contributed by atoms with Crippen LogP contribution in [-0.2, 0) is 28.6 Å². The zero-order chi connectivity index (χ0) is 25.9.